The summed E-state index contributed by atoms with van der Waals surface area (Å²) < 4.78 is 41.6. The third kappa shape index (κ3) is 3.88. The number of rotatable bonds is 4. The van der Waals surface area contributed by atoms with Gasteiger partial charge in [0.25, 0.3) is 0 Å². The van der Waals surface area contributed by atoms with Crippen LogP contribution in [0.4, 0.5) is 13.2 Å². The number of hydrogen-bond donors (Lipinski definition) is 1. The van der Waals surface area contributed by atoms with Gasteiger partial charge in [0.15, 0.2) is 0 Å². The zero-order valence-corrected chi connectivity index (χ0v) is 15.4. The highest BCUT2D eigenvalue weighted by Gasteiger charge is 2.39. The Hall–Kier alpha value is -1.90. The van der Waals surface area contributed by atoms with Crippen LogP contribution in [0.3, 0.4) is 0 Å². The lowest BCUT2D eigenvalue weighted by atomic mass is 9.91. The Morgan fingerprint density at radius 2 is 2.00 bits per heavy atom. The second-order valence-electron chi connectivity index (χ2n) is 7.16. The number of pyridine rings is 1. The van der Waals surface area contributed by atoms with Gasteiger partial charge in [-0.15, -0.1) is 0 Å². The van der Waals surface area contributed by atoms with Crippen LogP contribution in [-0.4, -0.2) is 38.2 Å². The molecule has 1 aliphatic rings. The molecule has 0 atom stereocenters. The maximum absolute atomic E-state index is 13.5. The summed E-state index contributed by atoms with van der Waals surface area (Å²) in [5.41, 5.74) is -0.441. The number of alkyl halides is 3. The van der Waals surface area contributed by atoms with E-state index in [9.17, 15) is 18.3 Å². The Bertz CT molecular complexity index is 912. The summed E-state index contributed by atoms with van der Waals surface area (Å²) in [4.78, 5) is 6.35. The molecule has 0 spiro atoms. The van der Waals surface area contributed by atoms with Gasteiger partial charge in [-0.1, -0.05) is 0 Å². The number of likely N-dealkylation sites (tertiary alicyclic amines) is 1. The number of aliphatic hydroxyl groups is 1. The third-order valence-corrected chi connectivity index (χ3v) is 5.90. The van der Waals surface area contributed by atoms with Crippen molar-refractivity contribution < 1.29 is 18.3 Å². The average Bonchev–Trinajstić information content (AvgIpc) is 3.25. The van der Waals surface area contributed by atoms with E-state index in [4.69, 9.17) is 0 Å². The van der Waals surface area contributed by atoms with Gasteiger partial charge < -0.3 is 9.67 Å². The van der Waals surface area contributed by atoms with Crippen LogP contribution in [0.15, 0.2) is 41.2 Å². The van der Waals surface area contributed by atoms with E-state index in [1.807, 2.05) is 5.38 Å². The SMILES string of the molecule is OC1(Cn2c(C(F)(F)F)cc3cccnc32)CCN(Cc2ccsc2)CC1. The number of nitrogens with zero attached hydrogens (tertiary/aromatic N) is 3. The summed E-state index contributed by atoms with van der Waals surface area (Å²) >= 11 is 1.64. The molecule has 1 aliphatic heterocycles. The summed E-state index contributed by atoms with van der Waals surface area (Å²) in [6, 6.07) is 6.40. The van der Waals surface area contributed by atoms with Crippen LogP contribution in [0, 0.1) is 0 Å². The van der Waals surface area contributed by atoms with Crippen LogP contribution in [0.2, 0.25) is 0 Å². The van der Waals surface area contributed by atoms with Gasteiger partial charge >= 0.3 is 6.18 Å². The van der Waals surface area contributed by atoms with E-state index in [2.05, 4.69) is 21.3 Å². The minimum Gasteiger partial charge on any atom is -0.388 e. The Labute approximate surface area is 158 Å². The molecule has 4 rings (SSSR count). The second kappa shape index (κ2) is 6.92. The maximum Gasteiger partial charge on any atom is 0.431 e. The third-order valence-electron chi connectivity index (χ3n) is 5.17. The van der Waals surface area contributed by atoms with E-state index >= 15 is 0 Å². The lowest BCUT2D eigenvalue weighted by molar-refractivity contribution is -0.145. The molecule has 8 heteroatoms. The Morgan fingerprint density at radius 1 is 1.22 bits per heavy atom. The lowest BCUT2D eigenvalue weighted by Gasteiger charge is -2.38. The molecule has 0 saturated carbocycles. The number of aromatic nitrogens is 2. The van der Waals surface area contributed by atoms with Crippen LogP contribution in [0.5, 0.6) is 0 Å². The van der Waals surface area contributed by atoms with Gasteiger partial charge in [-0.05, 0) is 53.4 Å². The van der Waals surface area contributed by atoms with E-state index in [0.29, 0.717) is 31.3 Å². The predicted molar refractivity (Wildman–Crippen MR) is 98.5 cm³/mol. The second-order valence-corrected chi connectivity index (χ2v) is 7.94. The molecule has 3 aromatic heterocycles. The molecule has 1 N–H and O–H groups in total. The fourth-order valence-corrected chi connectivity index (χ4v) is 4.36. The van der Waals surface area contributed by atoms with Crippen molar-refractivity contribution in [2.45, 2.75) is 37.7 Å². The minimum absolute atomic E-state index is 0.103. The Morgan fingerprint density at radius 3 is 2.67 bits per heavy atom. The van der Waals surface area contributed by atoms with Gasteiger partial charge in [0.2, 0.25) is 0 Å². The van der Waals surface area contributed by atoms with Gasteiger partial charge in [-0.3, -0.25) is 4.90 Å². The van der Waals surface area contributed by atoms with E-state index in [0.717, 1.165) is 17.2 Å². The van der Waals surface area contributed by atoms with Crippen molar-refractivity contribution in [2.24, 2.45) is 0 Å². The molecule has 0 radical (unpaired) electrons. The average molecular weight is 395 g/mol. The highest BCUT2D eigenvalue weighted by molar-refractivity contribution is 7.07. The van der Waals surface area contributed by atoms with Crippen LogP contribution >= 0.6 is 11.3 Å². The van der Waals surface area contributed by atoms with E-state index in [1.54, 1.807) is 23.5 Å². The molecule has 3 aromatic rings. The molecular formula is C19H20F3N3OS. The van der Waals surface area contributed by atoms with Crippen molar-refractivity contribution >= 4 is 22.4 Å². The molecule has 4 nitrogen and oxygen atoms in total. The topological polar surface area (TPSA) is 41.3 Å². The molecule has 144 valence electrons. The van der Waals surface area contributed by atoms with Crippen LogP contribution in [0.1, 0.15) is 24.1 Å². The van der Waals surface area contributed by atoms with Crippen molar-refractivity contribution in [3.8, 4) is 0 Å². The first-order chi connectivity index (χ1) is 12.8. The lowest BCUT2D eigenvalue weighted by Crippen LogP contribution is -2.46. The normalized spacial score (nSPS) is 18.2. The van der Waals surface area contributed by atoms with Gasteiger partial charge in [0.1, 0.15) is 11.3 Å². The molecule has 0 aromatic carbocycles. The monoisotopic (exact) mass is 395 g/mol. The summed E-state index contributed by atoms with van der Waals surface area (Å²) in [7, 11) is 0. The molecular weight excluding hydrogens is 375 g/mol. The summed E-state index contributed by atoms with van der Waals surface area (Å²) in [5, 5.41) is 15.5. The largest absolute Gasteiger partial charge is 0.431 e. The zero-order valence-electron chi connectivity index (χ0n) is 14.6. The van der Waals surface area contributed by atoms with Gasteiger partial charge in [-0.25, -0.2) is 4.98 Å². The first kappa shape index (κ1) is 18.5. The van der Waals surface area contributed by atoms with Crippen LogP contribution < -0.4 is 0 Å². The molecule has 1 saturated heterocycles. The van der Waals surface area contributed by atoms with Gasteiger partial charge in [0, 0.05) is 31.2 Å². The molecule has 0 amide bonds. The zero-order chi connectivity index (χ0) is 19.1. The smallest absolute Gasteiger partial charge is 0.388 e. The highest BCUT2D eigenvalue weighted by Crippen LogP contribution is 2.36. The van der Waals surface area contributed by atoms with E-state index in [-0.39, 0.29) is 12.2 Å². The maximum atomic E-state index is 13.5. The molecule has 1 fully saturated rings. The van der Waals surface area contributed by atoms with Crippen molar-refractivity contribution in [1.82, 2.24) is 14.5 Å². The number of hydrogen-bond acceptors (Lipinski definition) is 4. The predicted octanol–water partition coefficient (Wildman–Crippen LogP) is 4.14. The number of piperidine rings is 1. The molecule has 0 aliphatic carbocycles. The quantitative estimate of drug-likeness (QED) is 0.722. The first-order valence-electron chi connectivity index (χ1n) is 8.81. The number of halogens is 3. The summed E-state index contributed by atoms with van der Waals surface area (Å²) in [6.45, 7) is 2.01. The fourth-order valence-electron chi connectivity index (χ4n) is 3.70. The number of fused-ring (bicyclic) bond motifs is 1. The van der Waals surface area contributed by atoms with Gasteiger partial charge in [-0.2, -0.15) is 24.5 Å². The summed E-state index contributed by atoms with van der Waals surface area (Å²) in [5.74, 6) is 0. The highest BCUT2D eigenvalue weighted by atomic mass is 32.1. The molecule has 27 heavy (non-hydrogen) atoms. The van der Waals surface area contributed by atoms with Crippen molar-refractivity contribution in [3.05, 3.63) is 52.5 Å². The number of thiophene rings is 1. The molecule has 4 heterocycles. The van der Waals surface area contributed by atoms with E-state index in [1.165, 1.54) is 11.8 Å². The standard InChI is InChI=1S/C19H20F3N3OS/c20-19(21,22)16-10-15-2-1-6-23-17(15)25(16)13-18(26)4-7-24(8-5-18)11-14-3-9-27-12-14/h1-3,6,9-10,12,26H,4-5,7-8,11,13H2. The minimum atomic E-state index is -4.49. The van der Waals surface area contributed by atoms with Crippen LogP contribution in [-0.2, 0) is 19.3 Å². The molecule has 0 bridgehead atoms. The van der Waals surface area contributed by atoms with Crippen molar-refractivity contribution in [3.63, 3.8) is 0 Å². The molecule has 0 unspecified atom stereocenters. The van der Waals surface area contributed by atoms with Crippen molar-refractivity contribution in [1.29, 1.82) is 0 Å². The first-order valence-corrected chi connectivity index (χ1v) is 9.76. The van der Waals surface area contributed by atoms with E-state index < -0.39 is 17.5 Å². The van der Waals surface area contributed by atoms with Crippen molar-refractivity contribution in [2.75, 3.05) is 13.1 Å². The van der Waals surface area contributed by atoms with Crippen LogP contribution in [0.25, 0.3) is 11.0 Å². The Kier molecular flexibility index (Phi) is 4.73. The Balaban J connectivity index is 1.54. The van der Waals surface area contributed by atoms with Gasteiger partial charge in [0.05, 0.1) is 12.1 Å². The fraction of sp³-hybridized carbons (Fsp3) is 0.421. The summed E-state index contributed by atoms with van der Waals surface area (Å²) in [6.07, 6.45) is -2.15.